The lowest BCUT2D eigenvalue weighted by atomic mass is 9.91. The van der Waals surface area contributed by atoms with Gasteiger partial charge in [0.15, 0.2) is 0 Å². The molecule has 0 atom stereocenters. The molecule has 0 aliphatic carbocycles. The quantitative estimate of drug-likeness (QED) is 0.380. The molecule has 0 N–H and O–H groups in total. The van der Waals surface area contributed by atoms with E-state index in [1.54, 1.807) is 60.7 Å². The molecule has 1 nitrogen and oxygen atoms in total. The average molecular weight is 376 g/mol. The molecule has 0 aromatic heterocycles. The molecular formula is C21H13F5O. The van der Waals surface area contributed by atoms with Crippen molar-refractivity contribution in [2.75, 3.05) is 0 Å². The number of rotatable bonds is 4. The Labute approximate surface area is 152 Å². The number of hydrogen-bond acceptors (Lipinski definition) is 1. The molecule has 0 spiro atoms. The normalized spacial score (nSPS) is 12.0. The van der Waals surface area contributed by atoms with Crippen LogP contribution in [-0.2, 0) is 0 Å². The van der Waals surface area contributed by atoms with Crippen LogP contribution in [0.1, 0.15) is 10.4 Å². The summed E-state index contributed by atoms with van der Waals surface area (Å²) in [4.78, 5) is 12.1. The van der Waals surface area contributed by atoms with Crippen molar-refractivity contribution in [1.29, 1.82) is 0 Å². The Kier molecular flexibility index (Phi) is 4.83. The highest BCUT2D eigenvalue weighted by Gasteiger charge is 2.63. The SMILES string of the molecule is O=C(c1ccc(-c2ccccc2)cc1-c1ccccc1)C(F)(F)C(F)(F)F. The van der Waals surface area contributed by atoms with Gasteiger partial charge in [0, 0.05) is 5.56 Å². The van der Waals surface area contributed by atoms with E-state index in [2.05, 4.69) is 0 Å². The molecule has 0 aliphatic rings. The monoisotopic (exact) mass is 376 g/mol. The van der Waals surface area contributed by atoms with Gasteiger partial charge in [0.25, 0.3) is 0 Å². The van der Waals surface area contributed by atoms with E-state index in [1.165, 1.54) is 12.1 Å². The lowest BCUT2D eigenvalue weighted by Crippen LogP contribution is -2.44. The molecule has 0 bridgehead atoms. The topological polar surface area (TPSA) is 17.1 Å². The first-order valence-electron chi connectivity index (χ1n) is 7.96. The van der Waals surface area contributed by atoms with E-state index in [1.807, 2.05) is 0 Å². The minimum Gasteiger partial charge on any atom is -0.287 e. The van der Waals surface area contributed by atoms with E-state index < -0.39 is 23.4 Å². The van der Waals surface area contributed by atoms with Gasteiger partial charge in [-0.05, 0) is 34.4 Å². The van der Waals surface area contributed by atoms with Crippen LogP contribution < -0.4 is 0 Å². The van der Waals surface area contributed by atoms with Crippen LogP contribution in [0.3, 0.4) is 0 Å². The summed E-state index contributed by atoms with van der Waals surface area (Å²) in [6.45, 7) is 0. The maximum absolute atomic E-state index is 13.7. The van der Waals surface area contributed by atoms with Crippen LogP contribution in [0.2, 0.25) is 0 Å². The van der Waals surface area contributed by atoms with Crippen LogP contribution in [0.4, 0.5) is 22.0 Å². The second-order valence-electron chi connectivity index (χ2n) is 5.89. The van der Waals surface area contributed by atoms with Crippen molar-refractivity contribution in [2.45, 2.75) is 12.1 Å². The minimum atomic E-state index is -5.96. The van der Waals surface area contributed by atoms with Gasteiger partial charge in [0.1, 0.15) is 0 Å². The molecule has 6 heteroatoms. The predicted octanol–water partition coefficient (Wildman–Crippen LogP) is 6.40. The Balaban J connectivity index is 2.19. The van der Waals surface area contributed by atoms with Gasteiger partial charge in [-0.15, -0.1) is 0 Å². The van der Waals surface area contributed by atoms with Gasteiger partial charge < -0.3 is 0 Å². The van der Waals surface area contributed by atoms with Gasteiger partial charge in [-0.1, -0.05) is 66.7 Å². The zero-order valence-electron chi connectivity index (χ0n) is 13.8. The molecule has 0 heterocycles. The Morgan fingerprint density at radius 2 is 1.15 bits per heavy atom. The third kappa shape index (κ3) is 3.60. The second kappa shape index (κ2) is 6.95. The number of hydrogen-bond donors (Lipinski definition) is 0. The summed E-state index contributed by atoms with van der Waals surface area (Å²) >= 11 is 0. The summed E-state index contributed by atoms with van der Waals surface area (Å²) < 4.78 is 65.3. The molecule has 3 rings (SSSR count). The molecule has 0 unspecified atom stereocenters. The maximum Gasteiger partial charge on any atom is 0.461 e. The lowest BCUT2D eigenvalue weighted by molar-refractivity contribution is -0.255. The number of benzene rings is 3. The van der Waals surface area contributed by atoms with Crippen LogP contribution in [0.5, 0.6) is 0 Å². The fourth-order valence-electron chi connectivity index (χ4n) is 2.71. The Bertz CT molecular complexity index is 947. The summed E-state index contributed by atoms with van der Waals surface area (Å²) in [7, 11) is 0. The van der Waals surface area contributed by atoms with Gasteiger partial charge in [0.05, 0.1) is 0 Å². The van der Waals surface area contributed by atoms with Gasteiger partial charge in [-0.3, -0.25) is 4.79 Å². The molecule has 0 radical (unpaired) electrons. The molecule has 138 valence electrons. The van der Waals surface area contributed by atoms with Crippen LogP contribution in [0.15, 0.2) is 78.9 Å². The van der Waals surface area contributed by atoms with E-state index in [0.29, 0.717) is 11.1 Å². The molecule has 0 saturated carbocycles. The molecule has 27 heavy (non-hydrogen) atoms. The zero-order chi connectivity index (χ0) is 19.7. The highest BCUT2D eigenvalue weighted by Crippen LogP contribution is 2.40. The van der Waals surface area contributed by atoms with Crippen molar-refractivity contribution < 1.29 is 26.7 Å². The molecule has 0 amide bonds. The molecule has 0 aliphatic heterocycles. The van der Waals surface area contributed by atoms with Crippen molar-refractivity contribution >= 4 is 5.78 Å². The average Bonchev–Trinajstić information content (AvgIpc) is 2.67. The van der Waals surface area contributed by atoms with Crippen molar-refractivity contribution in [3.8, 4) is 22.3 Å². The molecule has 3 aromatic rings. The van der Waals surface area contributed by atoms with Crippen LogP contribution in [0, 0.1) is 0 Å². The zero-order valence-corrected chi connectivity index (χ0v) is 13.8. The maximum atomic E-state index is 13.7. The van der Waals surface area contributed by atoms with Gasteiger partial charge >= 0.3 is 12.1 Å². The van der Waals surface area contributed by atoms with Crippen molar-refractivity contribution in [2.24, 2.45) is 0 Å². The first kappa shape index (κ1) is 18.8. The van der Waals surface area contributed by atoms with Gasteiger partial charge in [-0.25, -0.2) is 0 Å². The summed E-state index contributed by atoms with van der Waals surface area (Å²) in [6, 6.07) is 20.7. The fraction of sp³-hybridized carbons (Fsp3) is 0.0952. The fourth-order valence-corrected chi connectivity index (χ4v) is 2.71. The Hall–Kier alpha value is -3.02. The third-order valence-corrected chi connectivity index (χ3v) is 4.10. The van der Waals surface area contributed by atoms with Gasteiger partial charge in [0.2, 0.25) is 5.78 Å². The Morgan fingerprint density at radius 1 is 0.630 bits per heavy atom. The van der Waals surface area contributed by atoms with E-state index in [0.717, 1.165) is 11.6 Å². The number of ketones is 1. The smallest absolute Gasteiger partial charge is 0.287 e. The van der Waals surface area contributed by atoms with Crippen LogP contribution in [0.25, 0.3) is 22.3 Å². The number of alkyl halides is 5. The van der Waals surface area contributed by atoms with E-state index in [4.69, 9.17) is 0 Å². The first-order chi connectivity index (χ1) is 12.7. The standard InChI is InChI=1S/C21H13F5O/c22-20(23,21(24,25)26)19(27)17-12-11-16(14-7-3-1-4-8-14)13-18(17)15-9-5-2-6-10-15/h1-13H. The van der Waals surface area contributed by atoms with Crippen molar-refractivity contribution in [1.82, 2.24) is 0 Å². The molecule has 0 saturated heterocycles. The highest BCUT2D eigenvalue weighted by molar-refractivity contribution is 6.07. The molecule has 3 aromatic carbocycles. The largest absolute Gasteiger partial charge is 0.461 e. The van der Waals surface area contributed by atoms with E-state index >= 15 is 0 Å². The summed E-state index contributed by atoms with van der Waals surface area (Å²) in [6.07, 6.45) is -5.96. The Morgan fingerprint density at radius 3 is 1.67 bits per heavy atom. The van der Waals surface area contributed by atoms with Crippen molar-refractivity contribution in [3.63, 3.8) is 0 Å². The van der Waals surface area contributed by atoms with Gasteiger partial charge in [-0.2, -0.15) is 22.0 Å². The van der Waals surface area contributed by atoms with E-state index in [-0.39, 0.29) is 5.56 Å². The van der Waals surface area contributed by atoms with E-state index in [9.17, 15) is 26.7 Å². The predicted molar refractivity (Wildman–Crippen MR) is 92.6 cm³/mol. The molecule has 0 fully saturated rings. The van der Waals surface area contributed by atoms with Crippen LogP contribution in [-0.4, -0.2) is 17.9 Å². The minimum absolute atomic E-state index is 0.0193. The number of halogens is 5. The third-order valence-electron chi connectivity index (χ3n) is 4.10. The summed E-state index contributed by atoms with van der Waals surface area (Å²) in [5.41, 5.74) is 1.06. The lowest BCUT2D eigenvalue weighted by Gasteiger charge is -2.20. The van der Waals surface area contributed by atoms with Crippen molar-refractivity contribution in [3.05, 3.63) is 84.4 Å². The second-order valence-corrected chi connectivity index (χ2v) is 5.89. The number of carbonyl (C=O) groups excluding carboxylic acids is 1. The van der Waals surface area contributed by atoms with Crippen LogP contribution >= 0.6 is 0 Å². The molecular weight excluding hydrogens is 363 g/mol. The number of carbonyl (C=O) groups is 1. The first-order valence-corrected chi connectivity index (χ1v) is 7.96. The number of Topliss-reactive ketones (excluding diaryl/α,β-unsaturated/α-hetero) is 1. The summed E-state index contributed by atoms with van der Waals surface area (Å²) in [5.74, 6) is -7.74. The highest BCUT2D eigenvalue weighted by atomic mass is 19.4. The summed E-state index contributed by atoms with van der Waals surface area (Å²) in [5, 5.41) is 0.